The molecule has 1 aromatic carbocycles. The van der Waals surface area contributed by atoms with Crippen LogP contribution >= 0.6 is 0 Å². The molecule has 6 nitrogen and oxygen atoms in total. The molecule has 1 aliphatic rings. The van der Waals surface area contributed by atoms with E-state index in [1.54, 1.807) is 23.7 Å². The minimum Gasteiger partial charge on any atom is -0.350 e. The number of nitrogens with zero attached hydrogens (tertiary/aromatic N) is 2. The molecule has 23 heavy (non-hydrogen) atoms. The number of hydrogen-bond donors (Lipinski definition) is 1. The van der Waals surface area contributed by atoms with Crippen LogP contribution in [0.25, 0.3) is 5.69 Å². The van der Waals surface area contributed by atoms with Gasteiger partial charge in [0.15, 0.2) is 6.29 Å². The molecule has 1 fully saturated rings. The maximum atomic E-state index is 13.0. The summed E-state index contributed by atoms with van der Waals surface area (Å²) in [4.78, 5) is 17.5. The van der Waals surface area contributed by atoms with Crippen LogP contribution in [0, 0.1) is 12.7 Å². The number of carbonyl (C=O) groups is 1. The summed E-state index contributed by atoms with van der Waals surface area (Å²) in [7, 11) is 0. The molecule has 0 aliphatic carbocycles. The maximum Gasteiger partial charge on any atom is 0.278 e. The van der Waals surface area contributed by atoms with Crippen molar-refractivity contribution in [1.82, 2.24) is 15.3 Å². The van der Waals surface area contributed by atoms with Gasteiger partial charge >= 0.3 is 0 Å². The number of halogens is 1. The topological polar surface area (TPSA) is 65.4 Å². The summed E-state index contributed by atoms with van der Waals surface area (Å²) in [6.07, 6.45) is 3.84. The average Bonchev–Trinajstić information content (AvgIpc) is 2.96. The zero-order valence-electron chi connectivity index (χ0n) is 12.8. The van der Waals surface area contributed by atoms with E-state index in [0.717, 1.165) is 19.3 Å². The number of nitrogens with one attached hydrogen (secondary N) is 1. The van der Waals surface area contributed by atoms with Gasteiger partial charge < -0.3 is 4.74 Å². The second-order valence-electron chi connectivity index (χ2n) is 5.38. The van der Waals surface area contributed by atoms with Gasteiger partial charge in [-0.25, -0.2) is 19.4 Å². The average molecular weight is 319 g/mol. The van der Waals surface area contributed by atoms with E-state index in [4.69, 9.17) is 9.57 Å². The largest absolute Gasteiger partial charge is 0.350 e. The summed E-state index contributed by atoms with van der Waals surface area (Å²) in [5, 5.41) is 4.18. The number of hydroxylamine groups is 1. The maximum absolute atomic E-state index is 13.0. The first-order valence-electron chi connectivity index (χ1n) is 7.53. The molecule has 1 saturated heterocycles. The van der Waals surface area contributed by atoms with Gasteiger partial charge in [0.05, 0.1) is 23.1 Å². The second-order valence-corrected chi connectivity index (χ2v) is 5.38. The van der Waals surface area contributed by atoms with Crippen molar-refractivity contribution in [2.75, 3.05) is 6.61 Å². The summed E-state index contributed by atoms with van der Waals surface area (Å²) < 4.78 is 20.0. The normalized spacial score (nSPS) is 17.9. The Bertz CT molecular complexity index is 678. The fraction of sp³-hybridized carbons (Fsp3) is 0.375. The van der Waals surface area contributed by atoms with Crippen molar-refractivity contribution in [2.24, 2.45) is 0 Å². The Morgan fingerprint density at radius 3 is 2.87 bits per heavy atom. The fourth-order valence-corrected chi connectivity index (χ4v) is 2.45. The Hall–Kier alpha value is -2.25. The minimum absolute atomic E-state index is 0.322. The highest BCUT2D eigenvalue weighted by Crippen LogP contribution is 2.16. The van der Waals surface area contributed by atoms with Crippen molar-refractivity contribution in [2.45, 2.75) is 32.5 Å². The first kappa shape index (κ1) is 15.6. The van der Waals surface area contributed by atoms with Gasteiger partial charge in [-0.3, -0.25) is 4.79 Å². The van der Waals surface area contributed by atoms with Crippen molar-refractivity contribution in [3.8, 4) is 5.69 Å². The fourth-order valence-electron chi connectivity index (χ4n) is 2.45. The molecular weight excluding hydrogens is 301 g/mol. The lowest BCUT2D eigenvalue weighted by atomic mass is 10.2. The predicted octanol–water partition coefficient (Wildman–Crippen LogP) is 2.51. The van der Waals surface area contributed by atoms with Gasteiger partial charge in [0.2, 0.25) is 0 Å². The lowest BCUT2D eigenvalue weighted by molar-refractivity contribution is -0.186. The van der Waals surface area contributed by atoms with Gasteiger partial charge in [-0.1, -0.05) is 0 Å². The van der Waals surface area contributed by atoms with Crippen LogP contribution < -0.4 is 5.48 Å². The summed E-state index contributed by atoms with van der Waals surface area (Å²) in [6, 6.07) is 5.90. The number of ether oxygens (including phenoxy) is 1. The zero-order chi connectivity index (χ0) is 16.2. The van der Waals surface area contributed by atoms with Crippen molar-refractivity contribution in [3.05, 3.63) is 47.5 Å². The van der Waals surface area contributed by atoms with Crippen LogP contribution in [0.2, 0.25) is 0 Å². The van der Waals surface area contributed by atoms with Gasteiger partial charge in [-0.2, -0.15) is 5.10 Å². The third kappa shape index (κ3) is 3.57. The Kier molecular flexibility index (Phi) is 4.68. The minimum atomic E-state index is -0.403. The molecule has 0 unspecified atom stereocenters. The molecule has 2 aromatic rings. The number of benzene rings is 1. The second kappa shape index (κ2) is 6.89. The molecular formula is C16H18FN3O3. The summed E-state index contributed by atoms with van der Waals surface area (Å²) in [5.74, 6) is -0.706. The van der Waals surface area contributed by atoms with Crippen LogP contribution in [0.5, 0.6) is 0 Å². The van der Waals surface area contributed by atoms with Crippen LogP contribution in [-0.4, -0.2) is 28.6 Å². The van der Waals surface area contributed by atoms with E-state index < -0.39 is 6.29 Å². The third-order valence-corrected chi connectivity index (χ3v) is 3.75. The number of amides is 1. The van der Waals surface area contributed by atoms with E-state index in [9.17, 15) is 9.18 Å². The molecule has 122 valence electrons. The molecule has 0 radical (unpaired) electrons. The van der Waals surface area contributed by atoms with Crippen molar-refractivity contribution in [3.63, 3.8) is 0 Å². The molecule has 7 heteroatoms. The highest BCUT2D eigenvalue weighted by molar-refractivity contribution is 5.94. The molecule has 0 spiro atoms. The van der Waals surface area contributed by atoms with Crippen molar-refractivity contribution in [1.29, 1.82) is 0 Å². The van der Waals surface area contributed by atoms with E-state index in [1.807, 2.05) is 0 Å². The molecule has 0 saturated carbocycles. The van der Waals surface area contributed by atoms with Crippen LogP contribution in [0.1, 0.15) is 35.3 Å². The molecule has 1 N–H and O–H groups in total. The van der Waals surface area contributed by atoms with Crippen LogP contribution in [0.3, 0.4) is 0 Å². The van der Waals surface area contributed by atoms with Gasteiger partial charge in [0.25, 0.3) is 5.91 Å². The molecule has 3 rings (SSSR count). The van der Waals surface area contributed by atoms with Crippen LogP contribution in [0.4, 0.5) is 4.39 Å². The van der Waals surface area contributed by atoms with Crippen LogP contribution in [-0.2, 0) is 9.57 Å². The van der Waals surface area contributed by atoms with Crippen LogP contribution in [0.15, 0.2) is 30.5 Å². The van der Waals surface area contributed by atoms with Gasteiger partial charge in [-0.05, 0) is 44.0 Å². The van der Waals surface area contributed by atoms with E-state index in [0.29, 0.717) is 23.6 Å². The first-order chi connectivity index (χ1) is 11.1. The molecule has 1 atom stereocenters. The first-order valence-corrected chi connectivity index (χ1v) is 7.53. The molecule has 1 amide bonds. The van der Waals surface area contributed by atoms with Gasteiger partial charge in [0.1, 0.15) is 5.82 Å². The van der Waals surface area contributed by atoms with Crippen molar-refractivity contribution >= 4 is 5.91 Å². The van der Waals surface area contributed by atoms with E-state index in [2.05, 4.69) is 10.6 Å². The highest BCUT2D eigenvalue weighted by Gasteiger charge is 2.19. The Balaban J connectivity index is 1.68. The SMILES string of the molecule is Cc1c(C(=O)NO[C@@H]2CCCCO2)cnn1-c1ccc(F)cc1. The van der Waals surface area contributed by atoms with Gasteiger partial charge in [0, 0.05) is 13.0 Å². The molecule has 2 heterocycles. The lowest BCUT2D eigenvalue weighted by Gasteiger charge is -2.22. The molecule has 1 aromatic heterocycles. The summed E-state index contributed by atoms with van der Waals surface area (Å²) in [5.41, 5.74) is 4.12. The predicted molar refractivity (Wildman–Crippen MR) is 80.4 cm³/mol. The Labute approximate surface area is 133 Å². The monoisotopic (exact) mass is 319 g/mol. The smallest absolute Gasteiger partial charge is 0.278 e. The number of hydrogen-bond acceptors (Lipinski definition) is 4. The van der Waals surface area contributed by atoms with Crippen molar-refractivity contribution < 1.29 is 18.8 Å². The standard InChI is InChI=1S/C16H18FN3O3/c1-11-14(16(21)19-23-15-4-2-3-9-22-15)10-18-20(11)13-7-5-12(17)6-8-13/h5-8,10,15H,2-4,9H2,1H3,(H,19,21)/t15-/m1/s1. The zero-order valence-corrected chi connectivity index (χ0v) is 12.8. The highest BCUT2D eigenvalue weighted by atomic mass is 19.1. The Morgan fingerprint density at radius 1 is 1.39 bits per heavy atom. The summed E-state index contributed by atoms with van der Waals surface area (Å²) in [6.45, 7) is 2.41. The van der Waals surface area contributed by atoms with E-state index in [1.165, 1.54) is 18.3 Å². The number of carbonyl (C=O) groups excluding carboxylic acids is 1. The number of aromatic nitrogens is 2. The number of rotatable bonds is 4. The lowest BCUT2D eigenvalue weighted by Crippen LogP contribution is -2.33. The van der Waals surface area contributed by atoms with E-state index >= 15 is 0 Å². The van der Waals surface area contributed by atoms with E-state index in [-0.39, 0.29) is 11.7 Å². The Morgan fingerprint density at radius 2 is 2.17 bits per heavy atom. The molecule has 0 bridgehead atoms. The summed E-state index contributed by atoms with van der Waals surface area (Å²) >= 11 is 0. The molecule has 1 aliphatic heterocycles. The van der Waals surface area contributed by atoms with Gasteiger partial charge in [-0.15, -0.1) is 0 Å². The third-order valence-electron chi connectivity index (χ3n) is 3.75. The quantitative estimate of drug-likeness (QED) is 0.880.